The standard InChI is InChI=1S/C60H95ClN4O21S/c1-41-13-12-14-48(74-10)60(72)39-47(84-57(71)63-60)42(2)55-59(6,86-55)49(38-52(68)65(8)45-36-44(35-41)37-46(73-9)54(45)61)85-56(70)43(3)64(7)51(67)15-17-58(4,5)87-40-50(66)62-18-20-77-22-24-79-26-28-81-30-32-83-34-33-82-31-29-80-27-25-78-23-21-76-19-16-53(69)75-11/h12-14,36-37,42-43,47-49,55,72H,15-35,38-40H2,1-11H3,(H,62,66)(H,63,71)/b14-12+,41-13+/t42-,43+,47+,48-,49+,55+,59+,60+/m1/s1. The van der Waals surface area contributed by atoms with Gasteiger partial charge in [0.25, 0.3) is 0 Å². The number of fused-ring (bicyclic) bond motifs is 5. The maximum atomic E-state index is 14.4. The molecule has 3 aliphatic heterocycles. The summed E-state index contributed by atoms with van der Waals surface area (Å²) in [6.07, 6.45) is 1.21. The number of likely N-dealkylation sites (N-methyl/N-ethyl adjacent to an activating group) is 1. The Labute approximate surface area is 521 Å². The lowest BCUT2D eigenvalue weighted by atomic mass is 9.83. The van der Waals surface area contributed by atoms with Crippen LogP contribution in [0, 0.1) is 5.92 Å². The number of methoxy groups -OCH3 is 3. The summed E-state index contributed by atoms with van der Waals surface area (Å²) in [4.78, 5) is 81.7. The van der Waals surface area contributed by atoms with Gasteiger partial charge in [0.2, 0.25) is 17.7 Å². The first-order valence-corrected chi connectivity index (χ1v) is 30.8. The van der Waals surface area contributed by atoms with E-state index in [1.54, 1.807) is 45.2 Å². The molecule has 0 aliphatic carbocycles. The van der Waals surface area contributed by atoms with Crippen LogP contribution in [0.4, 0.5) is 10.5 Å². The predicted octanol–water partition coefficient (Wildman–Crippen LogP) is 4.62. The summed E-state index contributed by atoms with van der Waals surface area (Å²) in [5, 5.41) is 17.4. The molecule has 2 saturated heterocycles. The number of allylic oxidation sites excluding steroid dienone is 3. The third-order valence-electron chi connectivity index (χ3n) is 14.9. The number of benzene rings is 1. The molecule has 1 aromatic carbocycles. The van der Waals surface area contributed by atoms with Gasteiger partial charge >= 0.3 is 18.0 Å². The Morgan fingerprint density at radius 3 is 1.97 bits per heavy atom. The number of carbonyl (C=O) groups is 6. The van der Waals surface area contributed by atoms with Gasteiger partial charge in [-0.2, -0.15) is 0 Å². The highest BCUT2D eigenvalue weighted by Crippen LogP contribution is 2.49. The van der Waals surface area contributed by atoms with E-state index in [-0.39, 0.29) is 54.2 Å². The fourth-order valence-electron chi connectivity index (χ4n) is 9.35. The first kappa shape index (κ1) is 74.8. The quantitative estimate of drug-likeness (QED) is 0.0352. The van der Waals surface area contributed by atoms with Gasteiger partial charge in [-0.15, -0.1) is 11.8 Å². The number of halogens is 1. The van der Waals surface area contributed by atoms with Gasteiger partial charge in [0.15, 0.2) is 5.72 Å². The van der Waals surface area contributed by atoms with Gasteiger partial charge in [0.05, 0.1) is 150 Å². The molecule has 3 N–H and O–H groups in total. The number of epoxide rings is 1. The van der Waals surface area contributed by atoms with Crippen molar-refractivity contribution in [1.82, 2.24) is 15.5 Å². The summed E-state index contributed by atoms with van der Waals surface area (Å²) < 4.78 is 77.4. The second-order valence-electron chi connectivity index (χ2n) is 22.0. The molecule has 0 unspecified atom stereocenters. The van der Waals surface area contributed by atoms with Crippen molar-refractivity contribution in [2.75, 3.05) is 158 Å². The summed E-state index contributed by atoms with van der Waals surface area (Å²) in [7, 11) is 7.30. The highest BCUT2D eigenvalue weighted by atomic mass is 35.5. The van der Waals surface area contributed by atoms with Crippen LogP contribution in [0.15, 0.2) is 35.9 Å². The first-order valence-electron chi connectivity index (χ1n) is 29.4. The molecule has 494 valence electrons. The predicted molar refractivity (Wildman–Crippen MR) is 323 cm³/mol. The van der Waals surface area contributed by atoms with Crippen molar-refractivity contribution in [3.8, 4) is 5.75 Å². The van der Waals surface area contributed by atoms with Gasteiger partial charge in [-0.25, -0.2) is 9.59 Å². The van der Waals surface area contributed by atoms with Crippen LogP contribution >= 0.6 is 23.4 Å². The number of thioether (sulfide) groups is 1. The fraction of sp³-hybridized carbons (Fsp3) is 0.733. The summed E-state index contributed by atoms with van der Waals surface area (Å²) in [5.74, 6) is -2.16. The topological polar surface area (TPSA) is 286 Å². The number of hydrogen-bond acceptors (Lipinski definition) is 22. The zero-order valence-electron chi connectivity index (χ0n) is 52.6. The van der Waals surface area contributed by atoms with Crippen LogP contribution < -0.4 is 20.3 Å². The summed E-state index contributed by atoms with van der Waals surface area (Å²) >= 11 is 8.24. The molecule has 0 aromatic heterocycles. The lowest BCUT2D eigenvalue weighted by Gasteiger charge is -2.42. The van der Waals surface area contributed by atoms with Gasteiger partial charge in [0.1, 0.15) is 40.7 Å². The van der Waals surface area contributed by atoms with Crippen LogP contribution in [0.5, 0.6) is 5.75 Å². The van der Waals surface area contributed by atoms with Crippen LogP contribution in [0.25, 0.3) is 0 Å². The molecule has 25 nitrogen and oxygen atoms in total. The number of nitrogens with zero attached hydrogens (tertiary/aromatic N) is 2. The van der Waals surface area contributed by atoms with E-state index < -0.39 is 70.4 Å². The summed E-state index contributed by atoms with van der Waals surface area (Å²) in [6.45, 7) is 17.5. The van der Waals surface area contributed by atoms with Crippen LogP contribution in [0.3, 0.4) is 0 Å². The minimum atomic E-state index is -1.87. The van der Waals surface area contributed by atoms with E-state index >= 15 is 0 Å². The van der Waals surface area contributed by atoms with E-state index in [1.807, 2.05) is 26.8 Å². The van der Waals surface area contributed by atoms with Crippen LogP contribution in [0.2, 0.25) is 5.02 Å². The Bertz CT molecular complexity index is 2390. The highest BCUT2D eigenvalue weighted by molar-refractivity contribution is 8.01. The lowest BCUT2D eigenvalue weighted by molar-refractivity contribution is -0.162. The monoisotopic (exact) mass is 1270 g/mol. The smallest absolute Gasteiger partial charge is 0.409 e. The van der Waals surface area contributed by atoms with Crippen LogP contribution in [-0.4, -0.2) is 246 Å². The molecular weight excluding hydrogens is 1180 g/mol. The maximum absolute atomic E-state index is 14.4. The second kappa shape index (κ2) is 38.8. The van der Waals surface area contributed by atoms with E-state index in [0.717, 1.165) is 11.1 Å². The zero-order chi connectivity index (χ0) is 64.0. The Balaban J connectivity index is 1.14. The third-order valence-corrected chi connectivity index (χ3v) is 16.7. The maximum Gasteiger partial charge on any atom is 0.409 e. The van der Waals surface area contributed by atoms with Crippen LogP contribution in [0.1, 0.15) is 79.2 Å². The van der Waals surface area contributed by atoms with E-state index in [4.69, 9.17) is 73.2 Å². The largest absolute Gasteiger partial charge is 0.495 e. The number of aliphatic hydroxyl groups is 1. The van der Waals surface area contributed by atoms with Crippen molar-refractivity contribution >= 4 is 64.8 Å². The Morgan fingerprint density at radius 2 is 1.43 bits per heavy atom. The molecule has 3 aliphatic rings. The van der Waals surface area contributed by atoms with Crippen molar-refractivity contribution in [3.63, 3.8) is 0 Å². The van der Waals surface area contributed by atoms with Crippen molar-refractivity contribution < 1.29 is 100 Å². The molecule has 1 aromatic rings. The van der Waals surface area contributed by atoms with Crippen LogP contribution in [-0.2, 0) is 92.0 Å². The molecule has 4 amide bonds. The SMILES string of the molecule is COC(=O)CCOCCOCCOCCOCCOCCOCCOCCOCCNC(=O)CSC(C)(C)CCC(=O)N(C)[C@@H](C)C(=O)O[C@H]1CC(=O)N(C)c2cc(cc(OC)c2Cl)C/C(C)=C/C=C/[C@@H](OC)[C@@]2(O)C[C@H](OC(=O)N2)[C@@H](C)[C@@H]2O[C@@]12C. The highest BCUT2D eigenvalue weighted by Gasteiger charge is 2.64. The number of hydrogen-bond donors (Lipinski definition) is 3. The Morgan fingerprint density at radius 1 is 0.874 bits per heavy atom. The average Bonchev–Trinajstić information content (AvgIpc) is 1.62. The molecule has 4 bridgehead atoms. The number of carbonyl (C=O) groups excluding carboxylic acids is 6. The van der Waals surface area contributed by atoms with E-state index in [0.29, 0.717) is 137 Å². The number of anilines is 1. The zero-order valence-corrected chi connectivity index (χ0v) is 54.2. The Hall–Kier alpha value is -4.68. The minimum Gasteiger partial charge on any atom is -0.495 e. The van der Waals surface area contributed by atoms with Crippen molar-refractivity contribution in [2.24, 2.45) is 5.92 Å². The van der Waals surface area contributed by atoms with Crippen molar-refractivity contribution in [3.05, 3.63) is 46.5 Å². The van der Waals surface area contributed by atoms with E-state index in [9.17, 15) is 33.9 Å². The van der Waals surface area contributed by atoms with Gasteiger partial charge in [-0.1, -0.05) is 56.2 Å². The molecule has 0 spiro atoms. The normalized spacial score (nSPS) is 23.7. The first-order chi connectivity index (χ1) is 41.5. The summed E-state index contributed by atoms with van der Waals surface area (Å²) in [5.41, 5.74) is -1.11. The van der Waals surface area contributed by atoms with E-state index in [1.165, 1.54) is 56.9 Å². The van der Waals surface area contributed by atoms with Gasteiger partial charge in [-0.3, -0.25) is 24.5 Å². The molecule has 87 heavy (non-hydrogen) atoms. The molecule has 0 saturated carbocycles. The lowest BCUT2D eigenvalue weighted by Crippen LogP contribution is -2.63. The number of amides is 4. The Kier molecular flexibility index (Phi) is 33.3. The number of alkyl carbamates (subject to hydrolysis) is 1. The number of rotatable bonds is 38. The second-order valence-corrected chi connectivity index (χ2v) is 24.1. The molecule has 2 fully saturated rings. The van der Waals surface area contributed by atoms with Gasteiger partial charge < -0.3 is 86.5 Å². The molecule has 4 rings (SSSR count). The van der Waals surface area contributed by atoms with Crippen molar-refractivity contribution in [1.29, 1.82) is 0 Å². The van der Waals surface area contributed by atoms with Crippen molar-refractivity contribution in [2.45, 2.75) is 127 Å². The molecule has 27 heteroatoms. The third kappa shape index (κ3) is 26.0. The molecule has 0 radical (unpaired) electrons. The fourth-order valence-corrected chi connectivity index (χ4v) is 10.5. The molecule has 8 atom stereocenters. The summed E-state index contributed by atoms with van der Waals surface area (Å²) in [6, 6.07) is 2.47. The van der Waals surface area contributed by atoms with E-state index in [2.05, 4.69) is 15.4 Å². The average molecular weight is 1280 g/mol. The van der Waals surface area contributed by atoms with Gasteiger partial charge in [-0.05, 0) is 51.3 Å². The number of esters is 2. The number of nitrogens with one attached hydrogen (secondary N) is 2. The van der Waals surface area contributed by atoms with Gasteiger partial charge in [0, 0.05) is 51.3 Å². The molecular formula is C60H95ClN4O21S. The molecule has 3 heterocycles. The minimum absolute atomic E-state index is 0.0637. The number of ether oxygens (including phenoxy) is 14.